The van der Waals surface area contributed by atoms with Crippen molar-refractivity contribution in [3.8, 4) is 0 Å². The first-order valence-corrected chi connectivity index (χ1v) is 6.00. The Balaban J connectivity index is 2.26. The van der Waals surface area contributed by atoms with Crippen molar-refractivity contribution in [1.82, 2.24) is 0 Å². The summed E-state index contributed by atoms with van der Waals surface area (Å²) in [7, 11) is 0. The zero-order chi connectivity index (χ0) is 14.7. The average Bonchev–Trinajstić information content (AvgIpc) is 2.41. The summed E-state index contributed by atoms with van der Waals surface area (Å²) in [5.74, 6) is -0.692. The summed E-state index contributed by atoms with van der Waals surface area (Å²) in [5.41, 5.74) is 1.14. The molecule has 0 atom stereocenters. The number of nitrogens with zero attached hydrogens (tertiary/aromatic N) is 1. The van der Waals surface area contributed by atoms with Gasteiger partial charge in [-0.25, -0.2) is 4.39 Å². The highest BCUT2D eigenvalue weighted by Crippen LogP contribution is 2.19. The smallest absolute Gasteiger partial charge is 0.269 e. The van der Waals surface area contributed by atoms with Crippen molar-refractivity contribution in [2.24, 2.45) is 0 Å². The molecule has 0 heterocycles. The highest BCUT2D eigenvalue weighted by Gasteiger charge is 2.15. The van der Waals surface area contributed by atoms with E-state index in [0.29, 0.717) is 16.7 Å². The monoisotopic (exact) mass is 273 g/mol. The van der Waals surface area contributed by atoms with Crippen LogP contribution in [0.1, 0.15) is 21.5 Å². The van der Waals surface area contributed by atoms with Crippen molar-refractivity contribution < 1.29 is 14.1 Å². The minimum Gasteiger partial charge on any atom is -0.294 e. The lowest BCUT2D eigenvalue weighted by atomic mass is 9.98. The van der Waals surface area contributed by atoms with Gasteiger partial charge >= 0.3 is 0 Å². The summed E-state index contributed by atoms with van der Waals surface area (Å²) >= 11 is 0. The summed E-state index contributed by atoms with van der Waals surface area (Å²) in [6, 6.07) is 10.1. The van der Waals surface area contributed by atoms with Gasteiger partial charge in [-0.15, -0.1) is 0 Å². The number of rotatable bonds is 4. The minimum absolute atomic E-state index is 0.0642. The molecule has 0 fully saturated rings. The number of carbonyl (C=O) groups excluding carboxylic acids is 1. The molecule has 0 aliphatic heterocycles. The summed E-state index contributed by atoms with van der Waals surface area (Å²) in [4.78, 5) is 22.3. The lowest BCUT2D eigenvalue weighted by Gasteiger charge is -2.06. The van der Waals surface area contributed by atoms with E-state index < -0.39 is 10.7 Å². The first-order valence-electron chi connectivity index (χ1n) is 6.00. The zero-order valence-corrected chi connectivity index (χ0v) is 10.8. The van der Waals surface area contributed by atoms with E-state index in [-0.39, 0.29) is 17.9 Å². The molecule has 0 radical (unpaired) electrons. The molecule has 5 heteroatoms. The molecule has 4 nitrogen and oxygen atoms in total. The van der Waals surface area contributed by atoms with Gasteiger partial charge in [0.15, 0.2) is 5.78 Å². The van der Waals surface area contributed by atoms with E-state index in [9.17, 15) is 19.3 Å². The van der Waals surface area contributed by atoms with Crippen LogP contribution in [0.25, 0.3) is 0 Å². The van der Waals surface area contributed by atoms with Crippen molar-refractivity contribution in [2.75, 3.05) is 0 Å². The van der Waals surface area contributed by atoms with Crippen LogP contribution in [0.3, 0.4) is 0 Å². The fourth-order valence-corrected chi connectivity index (χ4v) is 1.98. The summed E-state index contributed by atoms with van der Waals surface area (Å²) in [5, 5.41) is 10.6. The predicted molar refractivity (Wildman–Crippen MR) is 72.3 cm³/mol. The molecule has 20 heavy (non-hydrogen) atoms. The molecule has 0 aliphatic carbocycles. The molecule has 0 amide bonds. The lowest BCUT2D eigenvalue weighted by molar-refractivity contribution is -0.384. The molecule has 0 aromatic heterocycles. The van der Waals surface area contributed by atoms with Gasteiger partial charge in [0, 0.05) is 24.1 Å². The second kappa shape index (κ2) is 5.61. The number of nitro groups is 1. The highest BCUT2D eigenvalue weighted by molar-refractivity contribution is 5.99. The highest BCUT2D eigenvalue weighted by atomic mass is 19.1. The maximum Gasteiger partial charge on any atom is 0.269 e. The van der Waals surface area contributed by atoms with Gasteiger partial charge in [-0.05, 0) is 30.2 Å². The number of benzene rings is 2. The van der Waals surface area contributed by atoms with Crippen LogP contribution >= 0.6 is 0 Å². The number of hydrogen-bond donors (Lipinski definition) is 0. The van der Waals surface area contributed by atoms with Crippen molar-refractivity contribution >= 4 is 11.5 Å². The Labute approximate surface area is 115 Å². The number of carbonyl (C=O) groups is 1. The molecule has 0 N–H and O–H groups in total. The van der Waals surface area contributed by atoms with Crippen LogP contribution in [0.5, 0.6) is 0 Å². The average molecular weight is 273 g/mol. The SMILES string of the molecule is Cc1cc([N+](=O)[O-])ccc1C(=O)Cc1ccccc1F. The first kappa shape index (κ1) is 13.9. The maximum atomic E-state index is 13.5. The van der Waals surface area contributed by atoms with E-state index in [1.807, 2.05) is 0 Å². The molecule has 0 bridgehead atoms. The number of nitro benzene ring substituents is 1. The minimum atomic E-state index is -0.516. The number of Topliss-reactive ketones (excluding diaryl/α,β-unsaturated/α-hetero) is 1. The fourth-order valence-electron chi connectivity index (χ4n) is 1.98. The van der Waals surface area contributed by atoms with Crippen molar-refractivity contribution in [2.45, 2.75) is 13.3 Å². The molecule has 102 valence electrons. The van der Waals surface area contributed by atoms with E-state index in [1.54, 1.807) is 25.1 Å². The topological polar surface area (TPSA) is 60.2 Å². The Morgan fingerprint density at radius 1 is 1.25 bits per heavy atom. The molecule has 0 spiro atoms. The standard InChI is InChI=1S/C15H12FNO3/c1-10-8-12(17(19)20)6-7-13(10)15(18)9-11-4-2-3-5-14(11)16/h2-8H,9H2,1H3. The van der Waals surface area contributed by atoms with E-state index in [0.717, 1.165) is 0 Å². The first-order chi connectivity index (χ1) is 9.49. The van der Waals surface area contributed by atoms with Gasteiger partial charge in [-0.2, -0.15) is 0 Å². The molecular weight excluding hydrogens is 261 g/mol. The Bertz CT molecular complexity index is 683. The molecular formula is C15H12FNO3. The molecule has 2 rings (SSSR count). The van der Waals surface area contributed by atoms with Crippen LogP contribution < -0.4 is 0 Å². The molecule has 2 aromatic carbocycles. The van der Waals surface area contributed by atoms with Crippen LogP contribution in [0.15, 0.2) is 42.5 Å². The van der Waals surface area contributed by atoms with Gasteiger partial charge in [0.05, 0.1) is 4.92 Å². The number of ketones is 1. The Hall–Kier alpha value is -2.56. The fraction of sp³-hybridized carbons (Fsp3) is 0.133. The molecule has 0 saturated carbocycles. The van der Waals surface area contributed by atoms with E-state index in [1.165, 1.54) is 24.3 Å². The van der Waals surface area contributed by atoms with Gasteiger partial charge in [-0.1, -0.05) is 18.2 Å². The summed E-state index contributed by atoms with van der Waals surface area (Å²) in [6.07, 6.45) is -0.0642. The Kier molecular flexibility index (Phi) is 3.89. The van der Waals surface area contributed by atoms with Gasteiger partial charge in [0.25, 0.3) is 5.69 Å². The van der Waals surface area contributed by atoms with Crippen molar-refractivity contribution in [1.29, 1.82) is 0 Å². The molecule has 0 saturated heterocycles. The summed E-state index contributed by atoms with van der Waals surface area (Å²) in [6.45, 7) is 1.63. The van der Waals surface area contributed by atoms with Crippen LogP contribution in [0.4, 0.5) is 10.1 Å². The van der Waals surface area contributed by atoms with E-state index >= 15 is 0 Å². The number of hydrogen-bond acceptors (Lipinski definition) is 3. The largest absolute Gasteiger partial charge is 0.294 e. The van der Waals surface area contributed by atoms with Crippen molar-refractivity contribution in [3.05, 3.63) is 75.1 Å². The predicted octanol–water partition coefficient (Wildman–Crippen LogP) is 3.47. The third kappa shape index (κ3) is 2.88. The van der Waals surface area contributed by atoms with Gasteiger partial charge in [0.2, 0.25) is 0 Å². The lowest BCUT2D eigenvalue weighted by Crippen LogP contribution is -2.07. The third-order valence-electron chi connectivity index (χ3n) is 3.03. The zero-order valence-electron chi connectivity index (χ0n) is 10.8. The Morgan fingerprint density at radius 2 is 1.95 bits per heavy atom. The number of halogens is 1. The number of non-ortho nitro benzene ring substituents is 1. The second-order valence-corrected chi connectivity index (χ2v) is 4.45. The van der Waals surface area contributed by atoms with Gasteiger partial charge in [0.1, 0.15) is 5.82 Å². The quantitative estimate of drug-likeness (QED) is 0.487. The van der Waals surface area contributed by atoms with Crippen LogP contribution in [-0.4, -0.2) is 10.7 Å². The van der Waals surface area contributed by atoms with E-state index in [2.05, 4.69) is 0 Å². The second-order valence-electron chi connectivity index (χ2n) is 4.45. The maximum absolute atomic E-state index is 13.5. The third-order valence-corrected chi connectivity index (χ3v) is 3.03. The van der Waals surface area contributed by atoms with Gasteiger partial charge < -0.3 is 0 Å². The molecule has 0 aliphatic rings. The normalized spacial score (nSPS) is 10.3. The molecule has 2 aromatic rings. The van der Waals surface area contributed by atoms with E-state index in [4.69, 9.17) is 0 Å². The van der Waals surface area contributed by atoms with Crippen molar-refractivity contribution in [3.63, 3.8) is 0 Å². The van der Waals surface area contributed by atoms with Gasteiger partial charge in [-0.3, -0.25) is 14.9 Å². The van der Waals surface area contributed by atoms with Crippen LogP contribution in [0.2, 0.25) is 0 Å². The molecule has 0 unspecified atom stereocenters. The summed E-state index contributed by atoms with van der Waals surface area (Å²) < 4.78 is 13.5. The van der Waals surface area contributed by atoms with Crippen LogP contribution in [-0.2, 0) is 6.42 Å². The van der Waals surface area contributed by atoms with Crippen LogP contribution in [0, 0.1) is 22.9 Å². The Morgan fingerprint density at radius 3 is 2.55 bits per heavy atom. The number of aryl methyl sites for hydroxylation is 1.